The summed E-state index contributed by atoms with van der Waals surface area (Å²) in [5, 5.41) is 7.50. The first-order chi connectivity index (χ1) is 11.7. The highest BCUT2D eigenvalue weighted by Crippen LogP contribution is 2.55. The van der Waals surface area contributed by atoms with Gasteiger partial charge >= 0.3 is 0 Å². The van der Waals surface area contributed by atoms with Gasteiger partial charge in [-0.3, -0.25) is 9.89 Å². The van der Waals surface area contributed by atoms with E-state index >= 15 is 0 Å². The molecule has 1 aromatic heterocycles. The molecule has 4 heteroatoms. The van der Waals surface area contributed by atoms with Gasteiger partial charge in [-0.25, -0.2) is 4.99 Å². The fourth-order valence-corrected chi connectivity index (χ4v) is 4.94. The third kappa shape index (κ3) is 1.89. The van der Waals surface area contributed by atoms with Crippen LogP contribution in [-0.2, 0) is 4.79 Å². The minimum atomic E-state index is -0.109. The van der Waals surface area contributed by atoms with E-state index in [2.05, 4.69) is 34.5 Å². The van der Waals surface area contributed by atoms with Crippen LogP contribution in [0, 0.1) is 18.3 Å². The molecule has 1 aliphatic heterocycles. The number of hydrogen-bond acceptors (Lipinski definition) is 3. The topological polar surface area (TPSA) is 58.1 Å². The summed E-state index contributed by atoms with van der Waals surface area (Å²) in [6.07, 6.45) is 5.30. The van der Waals surface area contributed by atoms with Crippen LogP contribution >= 0.6 is 0 Å². The van der Waals surface area contributed by atoms with E-state index in [9.17, 15) is 4.79 Å². The Kier molecular flexibility index (Phi) is 2.88. The molecule has 1 aromatic carbocycles. The van der Waals surface area contributed by atoms with Gasteiger partial charge in [0.05, 0.1) is 5.92 Å². The molecule has 3 aliphatic rings. The van der Waals surface area contributed by atoms with E-state index in [1.165, 1.54) is 24.8 Å². The molecule has 1 spiro atoms. The highest BCUT2D eigenvalue weighted by Gasteiger charge is 2.51. The van der Waals surface area contributed by atoms with Gasteiger partial charge in [0, 0.05) is 29.3 Å². The Balaban J connectivity index is 1.68. The summed E-state index contributed by atoms with van der Waals surface area (Å²) in [7, 11) is 0. The molecule has 2 unspecified atom stereocenters. The molecule has 122 valence electrons. The second kappa shape index (κ2) is 4.88. The average molecular weight is 319 g/mol. The highest BCUT2D eigenvalue weighted by molar-refractivity contribution is 6.11. The van der Waals surface area contributed by atoms with Crippen molar-refractivity contribution in [3.63, 3.8) is 0 Å². The smallest absolute Gasteiger partial charge is 0.177 e. The van der Waals surface area contributed by atoms with Gasteiger partial charge < -0.3 is 0 Å². The Morgan fingerprint density at radius 3 is 2.62 bits per heavy atom. The number of nitrogens with zero attached hydrogens (tertiary/aromatic N) is 2. The minimum absolute atomic E-state index is 0.0531. The summed E-state index contributed by atoms with van der Waals surface area (Å²) in [6, 6.07) is 10.4. The molecule has 1 N–H and O–H groups in total. The summed E-state index contributed by atoms with van der Waals surface area (Å²) in [5.41, 5.74) is 4.60. The van der Waals surface area contributed by atoms with E-state index in [1.807, 2.05) is 13.0 Å². The molecule has 5 rings (SSSR count). The Hall–Kier alpha value is -2.23. The van der Waals surface area contributed by atoms with Gasteiger partial charge in [-0.05, 0) is 37.2 Å². The highest BCUT2D eigenvalue weighted by atomic mass is 16.1. The van der Waals surface area contributed by atoms with Crippen molar-refractivity contribution in [3.8, 4) is 0 Å². The van der Waals surface area contributed by atoms with Crippen molar-refractivity contribution in [3.05, 3.63) is 47.2 Å². The monoisotopic (exact) mass is 319 g/mol. The number of fused-ring (bicyclic) bond motifs is 2. The number of carbonyl (C=O) groups excluding carboxylic acids is 1. The Morgan fingerprint density at radius 2 is 1.92 bits per heavy atom. The lowest BCUT2D eigenvalue weighted by Crippen LogP contribution is -2.47. The van der Waals surface area contributed by atoms with Crippen molar-refractivity contribution < 1.29 is 4.79 Å². The minimum Gasteiger partial charge on any atom is -0.299 e. The van der Waals surface area contributed by atoms with Gasteiger partial charge in [-0.15, -0.1) is 0 Å². The van der Waals surface area contributed by atoms with Crippen LogP contribution in [0.3, 0.4) is 0 Å². The zero-order valence-electron chi connectivity index (χ0n) is 13.9. The fraction of sp³-hybridized carbons (Fsp3) is 0.450. The molecule has 2 saturated carbocycles. The van der Waals surface area contributed by atoms with Crippen LogP contribution in [0.1, 0.15) is 54.8 Å². The van der Waals surface area contributed by atoms with Crippen LogP contribution in [0.4, 0.5) is 5.82 Å². The van der Waals surface area contributed by atoms with Crippen LogP contribution in [-0.4, -0.2) is 21.7 Å². The average Bonchev–Trinajstić information content (AvgIpc) is 2.93. The van der Waals surface area contributed by atoms with E-state index in [-0.39, 0.29) is 17.3 Å². The van der Waals surface area contributed by atoms with Crippen LogP contribution < -0.4 is 0 Å². The van der Waals surface area contributed by atoms with Crippen molar-refractivity contribution in [2.45, 2.75) is 44.9 Å². The molecule has 0 amide bonds. The standard InChI is InChI=1S/C20H21N3O/c1-12-16-17(13-6-3-2-4-7-13)18-14(21-19(16)23-22-12)10-20(8-5-9-20)11-15(18)24/h2-4,6-7,17-18H,5,8-11H2,1H3,(H,22,23). The molecular formula is C20H21N3O. The number of benzene rings is 1. The zero-order valence-corrected chi connectivity index (χ0v) is 13.9. The number of hydrogen-bond donors (Lipinski definition) is 1. The molecule has 2 heterocycles. The number of aromatic nitrogens is 2. The maximum atomic E-state index is 13.2. The van der Waals surface area contributed by atoms with Gasteiger partial charge in [0.25, 0.3) is 0 Å². The lowest BCUT2D eigenvalue weighted by atomic mass is 9.55. The predicted octanol–water partition coefficient (Wildman–Crippen LogP) is 4.09. The van der Waals surface area contributed by atoms with Crippen molar-refractivity contribution >= 4 is 17.3 Å². The molecule has 24 heavy (non-hydrogen) atoms. The van der Waals surface area contributed by atoms with E-state index in [1.54, 1.807) is 0 Å². The van der Waals surface area contributed by atoms with Gasteiger partial charge in [-0.2, -0.15) is 5.10 Å². The molecule has 0 radical (unpaired) electrons. The summed E-state index contributed by atoms with van der Waals surface area (Å²) in [4.78, 5) is 18.0. The van der Waals surface area contributed by atoms with E-state index in [0.717, 1.165) is 35.6 Å². The number of nitrogens with one attached hydrogen (secondary N) is 1. The van der Waals surface area contributed by atoms with Gasteiger partial charge in [0.2, 0.25) is 0 Å². The van der Waals surface area contributed by atoms with Crippen molar-refractivity contribution in [1.82, 2.24) is 10.2 Å². The molecule has 0 saturated heterocycles. The Morgan fingerprint density at radius 1 is 1.12 bits per heavy atom. The van der Waals surface area contributed by atoms with Crippen LogP contribution in [0.15, 0.2) is 35.3 Å². The molecule has 0 bridgehead atoms. The molecule has 2 aliphatic carbocycles. The molecular weight excluding hydrogens is 298 g/mol. The number of aryl methyl sites for hydroxylation is 1. The van der Waals surface area contributed by atoms with E-state index in [0.29, 0.717) is 5.78 Å². The third-order valence-electron chi connectivity index (χ3n) is 6.25. The van der Waals surface area contributed by atoms with Gasteiger partial charge in [-0.1, -0.05) is 36.8 Å². The van der Waals surface area contributed by atoms with Gasteiger partial charge in [0.15, 0.2) is 5.82 Å². The van der Waals surface area contributed by atoms with Crippen molar-refractivity contribution in [2.24, 2.45) is 16.3 Å². The summed E-state index contributed by atoms with van der Waals surface area (Å²) < 4.78 is 0. The Labute approximate surface area is 141 Å². The van der Waals surface area contributed by atoms with E-state index < -0.39 is 0 Å². The SMILES string of the molecule is Cc1[nH]nc2c1C(c1ccccc1)C1C(=O)CC3(CCC3)CC1=N2. The van der Waals surface area contributed by atoms with Crippen molar-refractivity contribution in [1.29, 1.82) is 0 Å². The largest absolute Gasteiger partial charge is 0.299 e. The first-order valence-corrected chi connectivity index (χ1v) is 8.87. The quantitative estimate of drug-likeness (QED) is 0.861. The number of H-pyrrole nitrogens is 1. The lowest BCUT2D eigenvalue weighted by molar-refractivity contribution is -0.126. The van der Waals surface area contributed by atoms with E-state index in [4.69, 9.17) is 4.99 Å². The number of rotatable bonds is 1. The normalized spacial score (nSPS) is 27.2. The fourth-order valence-electron chi connectivity index (χ4n) is 4.94. The molecule has 4 nitrogen and oxygen atoms in total. The van der Waals surface area contributed by atoms with Crippen LogP contribution in [0.25, 0.3) is 0 Å². The van der Waals surface area contributed by atoms with Crippen LogP contribution in [0.2, 0.25) is 0 Å². The predicted molar refractivity (Wildman–Crippen MR) is 92.7 cm³/mol. The number of aromatic amines is 1. The zero-order chi connectivity index (χ0) is 16.3. The summed E-state index contributed by atoms with van der Waals surface area (Å²) in [5.74, 6) is 1.11. The number of aliphatic imine (C=N–C) groups is 1. The lowest BCUT2D eigenvalue weighted by Gasteiger charge is -2.48. The number of carbonyl (C=O) groups is 1. The number of ketones is 1. The first kappa shape index (κ1) is 14.1. The summed E-state index contributed by atoms with van der Waals surface area (Å²) in [6.45, 7) is 2.03. The molecule has 2 atom stereocenters. The second-order valence-corrected chi connectivity index (χ2v) is 7.73. The Bertz CT molecular complexity index is 845. The third-order valence-corrected chi connectivity index (χ3v) is 6.25. The first-order valence-electron chi connectivity index (χ1n) is 8.87. The maximum absolute atomic E-state index is 13.2. The van der Waals surface area contributed by atoms with Crippen LogP contribution in [0.5, 0.6) is 0 Å². The second-order valence-electron chi connectivity index (χ2n) is 7.73. The summed E-state index contributed by atoms with van der Waals surface area (Å²) >= 11 is 0. The number of Topliss-reactive ketones (excluding diaryl/α,β-unsaturated/α-hetero) is 1. The maximum Gasteiger partial charge on any atom is 0.177 e. The van der Waals surface area contributed by atoms with Gasteiger partial charge in [0.1, 0.15) is 5.78 Å². The molecule has 2 aromatic rings. The van der Waals surface area contributed by atoms with Crippen molar-refractivity contribution in [2.75, 3.05) is 0 Å². The molecule has 2 fully saturated rings.